The molecule has 3 aromatic rings. The zero-order chi connectivity index (χ0) is 21.8. The molecule has 0 bridgehead atoms. The second-order valence-electron chi connectivity index (χ2n) is 7.35. The highest BCUT2D eigenvalue weighted by molar-refractivity contribution is 5.78. The molecule has 4 rings (SSSR count). The normalized spacial score (nSPS) is 13.4. The maximum atomic E-state index is 12.0. The van der Waals surface area contributed by atoms with E-state index in [1.165, 1.54) is 18.5 Å². The molecule has 8 heteroatoms. The second-order valence-corrected chi connectivity index (χ2v) is 7.35. The highest BCUT2D eigenvalue weighted by Crippen LogP contribution is 2.41. The van der Waals surface area contributed by atoms with Crippen molar-refractivity contribution in [2.45, 2.75) is 32.6 Å². The molecule has 158 valence electrons. The summed E-state index contributed by atoms with van der Waals surface area (Å²) < 4.78 is 6.41. The van der Waals surface area contributed by atoms with Gasteiger partial charge in [-0.1, -0.05) is 36.4 Å². The minimum absolute atomic E-state index is 0.121. The van der Waals surface area contributed by atoms with E-state index in [0.29, 0.717) is 28.9 Å². The van der Waals surface area contributed by atoms with E-state index in [4.69, 9.17) is 4.74 Å². The molecular weight excluding hydrogens is 394 g/mol. The molecule has 1 N–H and O–H groups in total. The van der Waals surface area contributed by atoms with Crippen LogP contribution >= 0.6 is 0 Å². The maximum Gasteiger partial charge on any atom is 0.302 e. The molecule has 1 aliphatic rings. The van der Waals surface area contributed by atoms with Gasteiger partial charge in [-0.3, -0.25) is 9.59 Å². The summed E-state index contributed by atoms with van der Waals surface area (Å²) in [5.74, 6) is 1.56. The Morgan fingerprint density at radius 2 is 2.00 bits per heavy atom. The third-order valence-corrected chi connectivity index (χ3v) is 4.81. The number of hydrogen-bond acceptors (Lipinski definition) is 7. The van der Waals surface area contributed by atoms with Gasteiger partial charge in [0.15, 0.2) is 11.6 Å². The largest absolute Gasteiger partial charge is 0.462 e. The Labute approximate surface area is 180 Å². The number of anilines is 2. The van der Waals surface area contributed by atoms with E-state index in [0.717, 1.165) is 24.1 Å². The van der Waals surface area contributed by atoms with Crippen LogP contribution in [0.3, 0.4) is 0 Å². The lowest BCUT2D eigenvalue weighted by atomic mass is 10.2. The van der Waals surface area contributed by atoms with E-state index in [1.807, 2.05) is 36.4 Å². The van der Waals surface area contributed by atoms with Gasteiger partial charge in [-0.25, -0.2) is 14.6 Å². The minimum Gasteiger partial charge on any atom is -0.462 e. The predicted molar refractivity (Wildman–Crippen MR) is 117 cm³/mol. The number of carbonyl (C=O) groups excluding carboxylic acids is 2. The van der Waals surface area contributed by atoms with Crippen molar-refractivity contribution in [2.75, 3.05) is 11.9 Å². The third-order valence-electron chi connectivity index (χ3n) is 4.81. The molecule has 0 radical (unpaired) electrons. The van der Waals surface area contributed by atoms with Gasteiger partial charge in [0, 0.05) is 43.2 Å². The molecule has 0 unspecified atom stereocenters. The average Bonchev–Trinajstić information content (AvgIpc) is 3.52. The van der Waals surface area contributed by atoms with Crippen LogP contribution in [0.4, 0.5) is 11.6 Å². The van der Waals surface area contributed by atoms with E-state index in [2.05, 4.69) is 20.4 Å². The van der Waals surface area contributed by atoms with Crippen LogP contribution in [0, 0.1) is 0 Å². The highest BCUT2D eigenvalue weighted by atomic mass is 16.5. The lowest BCUT2D eigenvalue weighted by Crippen LogP contribution is -2.11. The molecule has 8 nitrogen and oxygen atoms in total. The standard InChI is InChI=1S/C23H23N5O3/c1-15(29)28-20(17-10-11-17)13-21(27-28)25-23-19(9-6-12-31-16(2)30)14-24-22(26-23)18-7-4-3-5-8-18/h3-9,13-14,17H,10-12H2,1-2H3,(H,24,25,26,27). The first-order valence-electron chi connectivity index (χ1n) is 10.1. The molecule has 1 aliphatic carbocycles. The van der Waals surface area contributed by atoms with Crippen LogP contribution < -0.4 is 5.32 Å². The quantitative estimate of drug-likeness (QED) is 0.575. The number of nitrogens with one attached hydrogen (secondary N) is 1. The van der Waals surface area contributed by atoms with E-state index in [-0.39, 0.29) is 18.5 Å². The van der Waals surface area contributed by atoms with Gasteiger partial charge >= 0.3 is 5.97 Å². The van der Waals surface area contributed by atoms with Crippen molar-refractivity contribution in [3.8, 4) is 11.4 Å². The van der Waals surface area contributed by atoms with Crippen LogP contribution in [0.2, 0.25) is 0 Å². The highest BCUT2D eigenvalue weighted by Gasteiger charge is 2.29. The molecule has 0 atom stereocenters. The molecule has 0 saturated heterocycles. The summed E-state index contributed by atoms with van der Waals surface area (Å²) in [6.45, 7) is 3.02. The first-order valence-corrected chi connectivity index (χ1v) is 10.1. The Balaban J connectivity index is 1.67. The van der Waals surface area contributed by atoms with E-state index >= 15 is 0 Å². The first-order chi connectivity index (χ1) is 15.0. The Kier molecular flexibility index (Phi) is 5.88. The van der Waals surface area contributed by atoms with Gasteiger partial charge < -0.3 is 10.1 Å². The number of aromatic nitrogens is 4. The molecule has 1 fully saturated rings. The molecular formula is C23H23N5O3. The average molecular weight is 417 g/mol. The SMILES string of the molecule is CC(=O)OCC=Cc1cnc(-c2ccccc2)nc1Nc1cc(C2CC2)n(C(C)=O)n1. The first kappa shape index (κ1) is 20.5. The maximum absolute atomic E-state index is 12.0. The molecule has 0 amide bonds. The van der Waals surface area contributed by atoms with Gasteiger partial charge in [-0.2, -0.15) is 0 Å². The smallest absolute Gasteiger partial charge is 0.302 e. The van der Waals surface area contributed by atoms with Crippen LogP contribution in [0.25, 0.3) is 17.5 Å². The molecule has 1 saturated carbocycles. The van der Waals surface area contributed by atoms with Crippen molar-refractivity contribution in [3.05, 3.63) is 59.9 Å². The zero-order valence-corrected chi connectivity index (χ0v) is 17.4. The van der Waals surface area contributed by atoms with Gasteiger partial charge in [0.25, 0.3) is 0 Å². The number of hydrogen-bond donors (Lipinski definition) is 1. The Bertz CT molecular complexity index is 1130. The fraction of sp³-hybridized carbons (Fsp3) is 0.261. The summed E-state index contributed by atoms with van der Waals surface area (Å²) >= 11 is 0. The van der Waals surface area contributed by atoms with Crippen LogP contribution in [-0.2, 0) is 9.53 Å². The van der Waals surface area contributed by atoms with Gasteiger partial charge in [-0.15, -0.1) is 5.10 Å². The van der Waals surface area contributed by atoms with Crippen molar-refractivity contribution >= 4 is 29.6 Å². The van der Waals surface area contributed by atoms with E-state index < -0.39 is 0 Å². The number of carbonyl (C=O) groups is 2. The fourth-order valence-corrected chi connectivity index (χ4v) is 3.18. The number of rotatable bonds is 7. The monoisotopic (exact) mass is 417 g/mol. The van der Waals surface area contributed by atoms with Gasteiger partial charge in [-0.05, 0) is 18.9 Å². The van der Waals surface area contributed by atoms with Crippen molar-refractivity contribution in [3.63, 3.8) is 0 Å². The van der Waals surface area contributed by atoms with Gasteiger partial charge in [0.2, 0.25) is 5.91 Å². The lowest BCUT2D eigenvalue weighted by molar-refractivity contribution is -0.139. The number of benzene rings is 1. The summed E-state index contributed by atoms with van der Waals surface area (Å²) in [6, 6.07) is 11.6. The van der Waals surface area contributed by atoms with E-state index in [9.17, 15) is 9.59 Å². The van der Waals surface area contributed by atoms with Crippen LogP contribution in [0.15, 0.2) is 48.7 Å². The van der Waals surface area contributed by atoms with Crippen molar-refractivity contribution < 1.29 is 14.3 Å². The van der Waals surface area contributed by atoms with E-state index in [1.54, 1.807) is 18.3 Å². The number of nitrogens with zero attached hydrogens (tertiary/aromatic N) is 4. The number of ether oxygens (including phenoxy) is 1. The Morgan fingerprint density at radius 1 is 1.23 bits per heavy atom. The second kappa shape index (κ2) is 8.91. The minimum atomic E-state index is -0.346. The third kappa shape index (κ3) is 5.03. The van der Waals surface area contributed by atoms with Gasteiger partial charge in [0.05, 0.1) is 5.69 Å². The van der Waals surface area contributed by atoms with Gasteiger partial charge in [0.1, 0.15) is 12.4 Å². The number of esters is 1. The lowest BCUT2D eigenvalue weighted by Gasteiger charge is -2.09. The van der Waals surface area contributed by atoms with Crippen molar-refractivity contribution in [1.82, 2.24) is 19.7 Å². The van der Waals surface area contributed by atoms with Crippen LogP contribution in [0.1, 0.15) is 48.7 Å². The van der Waals surface area contributed by atoms with Crippen LogP contribution in [-0.4, -0.2) is 38.2 Å². The topological polar surface area (TPSA) is 99.0 Å². The summed E-state index contributed by atoms with van der Waals surface area (Å²) in [6.07, 6.45) is 7.33. The molecule has 2 heterocycles. The Hall–Kier alpha value is -3.81. The molecule has 0 aliphatic heterocycles. The predicted octanol–water partition coefficient (Wildman–Crippen LogP) is 4.20. The Morgan fingerprint density at radius 3 is 2.68 bits per heavy atom. The van der Waals surface area contributed by atoms with Crippen molar-refractivity contribution in [1.29, 1.82) is 0 Å². The van der Waals surface area contributed by atoms with Crippen molar-refractivity contribution in [2.24, 2.45) is 0 Å². The molecule has 0 spiro atoms. The molecule has 1 aromatic carbocycles. The summed E-state index contributed by atoms with van der Waals surface area (Å²) in [4.78, 5) is 32.1. The fourth-order valence-electron chi connectivity index (χ4n) is 3.18. The zero-order valence-electron chi connectivity index (χ0n) is 17.4. The molecule has 2 aromatic heterocycles. The summed E-state index contributed by atoms with van der Waals surface area (Å²) in [7, 11) is 0. The molecule has 31 heavy (non-hydrogen) atoms. The summed E-state index contributed by atoms with van der Waals surface area (Å²) in [5, 5.41) is 7.67. The summed E-state index contributed by atoms with van der Waals surface area (Å²) in [5.41, 5.74) is 2.50. The van der Waals surface area contributed by atoms with Crippen LogP contribution in [0.5, 0.6) is 0 Å².